The second-order valence-corrected chi connectivity index (χ2v) is 15.7. The molecule has 0 amide bonds. The molecule has 0 fully saturated rings. The van der Waals surface area contributed by atoms with Crippen molar-refractivity contribution in [3.63, 3.8) is 0 Å². The Kier molecular flexibility index (Phi) is 12.0. The van der Waals surface area contributed by atoms with Gasteiger partial charge in [-0.15, -0.1) is 0 Å². The second kappa shape index (κ2) is 17.3. The summed E-state index contributed by atoms with van der Waals surface area (Å²) in [6.07, 6.45) is 0. The standard InChI is InChI=1S/C51H51F2N4S/c1-9-55(48-34(5)18-14-19-35(48)6)40-29-25-38(26-30-40)45(39-27-31-41(32-28-39)56(10-2)49-36(7)20-15-21-37(49)8)50-47(46-42(52)22-16-23-43(46)53)54-51(58-50)57(11-3)44-24-13-12-17-33(44)4/h12-32H,9-11H2,1-8H3/q+1. The SMILES string of the molecule is CCN(c1nc(-c2c(F)cccc2F)c([C+](c2ccc(N(CC)c3c(C)cccc3C)cc2)c2ccc(N(CC)c3c(C)cccc3C)cc2)s1)c1ccccc1C. The van der Waals surface area contributed by atoms with Crippen molar-refractivity contribution in [1.82, 2.24) is 4.98 Å². The Morgan fingerprint density at radius 3 is 1.34 bits per heavy atom. The van der Waals surface area contributed by atoms with Gasteiger partial charge in [-0.25, -0.2) is 8.78 Å². The van der Waals surface area contributed by atoms with Crippen LogP contribution >= 0.6 is 11.3 Å². The van der Waals surface area contributed by atoms with Crippen LogP contribution in [0.4, 0.5) is 42.3 Å². The van der Waals surface area contributed by atoms with Crippen LogP contribution in [0.5, 0.6) is 0 Å². The highest BCUT2D eigenvalue weighted by Gasteiger charge is 2.34. The highest BCUT2D eigenvalue weighted by molar-refractivity contribution is 7.16. The van der Waals surface area contributed by atoms with Crippen molar-refractivity contribution in [2.24, 2.45) is 0 Å². The summed E-state index contributed by atoms with van der Waals surface area (Å²) < 4.78 is 31.9. The van der Waals surface area contributed by atoms with Crippen molar-refractivity contribution >= 4 is 44.9 Å². The molecule has 0 bridgehead atoms. The van der Waals surface area contributed by atoms with Crippen molar-refractivity contribution in [2.45, 2.75) is 55.4 Å². The Morgan fingerprint density at radius 1 is 0.500 bits per heavy atom. The van der Waals surface area contributed by atoms with E-state index in [0.29, 0.717) is 16.6 Å². The number of nitrogens with zero attached hydrogens (tertiary/aromatic N) is 4. The van der Waals surface area contributed by atoms with E-state index in [9.17, 15) is 0 Å². The summed E-state index contributed by atoms with van der Waals surface area (Å²) in [5, 5.41) is 0.662. The van der Waals surface area contributed by atoms with Gasteiger partial charge in [0.05, 0.1) is 28.4 Å². The molecule has 7 rings (SSSR count). The number of hydrogen-bond acceptors (Lipinski definition) is 5. The van der Waals surface area contributed by atoms with Crippen molar-refractivity contribution in [3.05, 3.63) is 189 Å². The van der Waals surface area contributed by atoms with Gasteiger partial charge in [-0.1, -0.05) is 72.0 Å². The Bertz CT molecular complexity index is 2360. The van der Waals surface area contributed by atoms with Gasteiger partial charge >= 0.3 is 0 Å². The molecule has 294 valence electrons. The number of thiazole rings is 1. The summed E-state index contributed by atoms with van der Waals surface area (Å²) in [5.74, 6) is -0.450. The zero-order chi connectivity index (χ0) is 41.1. The first kappa shape index (κ1) is 40.3. The van der Waals surface area contributed by atoms with E-state index in [4.69, 9.17) is 4.98 Å². The summed E-state index contributed by atoms with van der Waals surface area (Å²) in [4.78, 5) is 12.6. The monoisotopic (exact) mass is 789 g/mol. The molecule has 0 atom stereocenters. The molecule has 7 aromatic rings. The lowest BCUT2D eigenvalue weighted by Gasteiger charge is -2.27. The third-order valence-electron chi connectivity index (χ3n) is 11.0. The molecule has 0 spiro atoms. The molecule has 58 heavy (non-hydrogen) atoms. The predicted octanol–water partition coefficient (Wildman–Crippen LogP) is 14.1. The molecule has 1 aromatic heterocycles. The normalized spacial score (nSPS) is 11.1. The Hall–Kier alpha value is -5.92. The molecular weight excluding hydrogens is 739 g/mol. The molecule has 7 heteroatoms. The lowest BCUT2D eigenvalue weighted by molar-refractivity contribution is 0.588. The fourth-order valence-corrected chi connectivity index (χ4v) is 9.45. The van der Waals surface area contributed by atoms with Gasteiger partial charge in [0.1, 0.15) is 27.8 Å². The largest absolute Gasteiger partial charge is 0.340 e. The minimum Gasteiger partial charge on any atom is -0.340 e. The van der Waals surface area contributed by atoms with Gasteiger partial charge in [-0.2, -0.15) is 4.98 Å². The van der Waals surface area contributed by atoms with Crippen LogP contribution in [-0.4, -0.2) is 24.6 Å². The Morgan fingerprint density at radius 2 is 0.914 bits per heavy atom. The van der Waals surface area contributed by atoms with E-state index in [-0.39, 0.29) is 11.3 Å². The maximum Gasteiger partial charge on any atom is 0.198 e. The summed E-state index contributed by atoms with van der Waals surface area (Å²) in [7, 11) is 0. The topological polar surface area (TPSA) is 22.6 Å². The number of para-hydroxylation sites is 3. The highest BCUT2D eigenvalue weighted by atomic mass is 32.1. The van der Waals surface area contributed by atoms with Crippen LogP contribution in [-0.2, 0) is 0 Å². The molecule has 1 heterocycles. The lowest BCUT2D eigenvalue weighted by atomic mass is 9.87. The van der Waals surface area contributed by atoms with E-state index in [0.717, 1.165) is 52.8 Å². The first-order chi connectivity index (χ1) is 28.1. The minimum absolute atomic E-state index is 0.133. The lowest BCUT2D eigenvalue weighted by Crippen LogP contribution is -2.18. The van der Waals surface area contributed by atoms with Gasteiger partial charge in [0.25, 0.3) is 0 Å². The molecule has 4 nitrogen and oxygen atoms in total. The van der Waals surface area contributed by atoms with Crippen molar-refractivity contribution in [3.8, 4) is 11.3 Å². The minimum atomic E-state index is -0.651. The van der Waals surface area contributed by atoms with Gasteiger partial charge in [0, 0.05) is 36.7 Å². The zero-order valence-corrected chi connectivity index (χ0v) is 35.5. The van der Waals surface area contributed by atoms with Crippen LogP contribution in [0.3, 0.4) is 0 Å². The Balaban J connectivity index is 1.43. The summed E-state index contributed by atoms with van der Waals surface area (Å²) >= 11 is 1.46. The van der Waals surface area contributed by atoms with E-state index < -0.39 is 11.6 Å². The summed E-state index contributed by atoms with van der Waals surface area (Å²) in [6.45, 7) is 19.3. The fraction of sp³-hybridized carbons (Fsp3) is 0.216. The maximum absolute atomic E-state index is 16.0. The maximum atomic E-state index is 16.0. The van der Waals surface area contributed by atoms with Crippen LogP contribution in [0.15, 0.2) is 127 Å². The fourth-order valence-electron chi connectivity index (χ4n) is 8.21. The second-order valence-electron chi connectivity index (χ2n) is 14.7. The quantitative estimate of drug-likeness (QED) is 0.109. The smallest absolute Gasteiger partial charge is 0.198 e. The molecule has 0 radical (unpaired) electrons. The molecule has 0 unspecified atom stereocenters. The number of hydrogen-bond donors (Lipinski definition) is 0. The molecular formula is C51H51F2N4S+. The van der Waals surface area contributed by atoms with E-state index in [1.807, 2.05) is 12.1 Å². The van der Waals surface area contributed by atoms with Crippen molar-refractivity contribution in [1.29, 1.82) is 0 Å². The Labute approximate surface area is 347 Å². The average Bonchev–Trinajstić information content (AvgIpc) is 3.63. The third kappa shape index (κ3) is 7.71. The molecule has 0 saturated carbocycles. The molecule has 0 aliphatic carbocycles. The van der Waals surface area contributed by atoms with Gasteiger partial charge in [0.2, 0.25) is 0 Å². The average molecular weight is 790 g/mol. The molecule has 0 N–H and O–H groups in total. The van der Waals surface area contributed by atoms with Crippen LogP contribution in [0, 0.1) is 52.2 Å². The number of benzene rings is 6. The number of aryl methyl sites for hydroxylation is 5. The van der Waals surface area contributed by atoms with Gasteiger partial charge in [-0.05, 0) is 150 Å². The zero-order valence-electron chi connectivity index (χ0n) is 34.7. The first-order valence-corrected chi connectivity index (χ1v) is 20.9. The third-order valence-corrected chi connectivity index (χ3v) is 12.1. The first-order valence-electron chi connectivity index (χ1n) is 20.1. The van der Waals surface area contributed by atoms with Crippen LogP contribution in [0.2, 0.25) is 0 Å². The van der Waals surface area contributed by atoms with Gasteiger partial charge in [0.15, 0.2) is 5.13 Å². The van der Waals surface area contributed by atoms with Crippen LogP contribution < -0.4 is 14.7 Å². The molecule has 0 saturated heterocycles. The number of aromatic nitrogens is 1. The summed E-state index contributed by atoms with van der Waals surface area (Å²) in [5.41, 5.74) is 13.4. The van der Waals surface area contributed by atoms with E-state index in [1.54, 1.807) is 0 Å². The van der Waals surface area contributed by atoms with Crippen LogP contribution in [0.25, 0.3) is 11.3 Å². The number of halogens is 2. The highest BCUT2D eigenvalue weighted by Crippen LogP contribution is 2.47. The van der Waals surface area contributed by atoms with Gasteiger partial charge in [-0.3, -0.25) is 0 Å². The molecule has 0 aliphatic heterocycles. The van der Waals surface area contributed by atoms with Crippen molar-refractivity contribution < 1.29 is 8.78 Å². The van der Waals surface area contributed by atoms with E-state index in [2.05, 4.69) is 167 Å². The van der Waals surface area contributed by atoms with Crippen LogP contribution in [0.1, 0.15) is 64.6 Å². The van der Waals surface area contributed by atoms with E-state index in [1.165, 1.54) is 63.2 Å². The van der Waals surface area contributed by atoms with Gasteiger partial charge < -0.3 is 14.7 Å². The van der Waals surface area contributed by atoms with Crippen molar-refractivity contribution in [2.75, 3.05) is 34.3 Å². The number of anilines is 6. The number of rotatable bonds is 13. The van der Waals surface area contributed by atoms with E-state index >= 15 is 8.78 Å². The molecule has 0 aliphatic rings. The predicted molar refractivity (Wildman–Crippen MR) is 242 cm³/mol. The summed E-state index contributed by atoms with van der Waals surface area (Å²) in [6, 6.07) is 42.1. The molecule has 6 aromatic carbocycles.